The Bertz CT molecular complexity index is 479. The predicted octanol–water partition coefficient (Wildman–Crippen LogP) is 0.655. The standard InChI is InChI=1S/C13H16N2O2S/c14-5-1-2-12-8-10(9-18-12)13(17)15-6-3-11(16)4-7-15/h8-9,11,16H,3-7,14H2. The van der Waals surface area contributed by atoms with Crippen molar-refractivity contribution in [2.24, 2.45) is 5.73 Å². The van der Waals surface area contributed by atoms with Crippen LogP contribution in [0.1, 0.15) is 28.1 Å². The van der Waals surface area contributed by atoms with Crippen molar-refractivity contribution in [2.45, 2.75) is 18.9 Å². The molecule has 1 saturated heterocycles. The first-order valence-corrected chi connectivity index (χ1v) is 6.83. The molecule has 2 rings (SSSR count). The quantitative estimate of drug-likeness (QED) is 0.732. The molecule has 18 heavy (non-hydrogen) atoms. The zero-order valence-corrected chi connectivity index (χ0v) is 10.9. The number of aliphatic hydroxyl groups is 1. The average molecular weight is 264 g/mol. The van der Waals surface area contributed by atoms with Crippen LogP contribution in [0.5, 0.6) is 0 Å². The zero-order valence-electron chi connectivity index (χ0n) is 10.1. The number of nitrogens with two attached hydrogens (primary N) is 1. The van der Waals surface area contributed by atoms with E-state index in [2.05, 4.69) is 11.8 Å². The number of rotatable bonds is 1. The Morgan fingerprint density at radius 2 is 2.28 bits per heavy atom. The minimum Gasteiger partial charge on any atom is -0.393 e. The molecule has 2 heterocycles. The molecule has 0 bridgehead atoms. The van der Waals surface area contributed by atoms with E-state index in [-0.39, 0.29) is 12.0 Å². The Morgan fingerprint density at radius 3 is 2.94 bits per heavy atom. The zero-order chi connectivity index (χ0) is 13.0. The fraction of sp³-hybridized carbons (Fsp3) is 0.462. The molecule has 0 saturated carbocycles. The van der Waals surface area contributed by atoms with Crippen molar-refractivity contribution in [1.82, 2.24) is 4.90 Å². The van der Waals surface area contributed by atoms with E-state index in [9.17, 15) is 9.90 Å². The van der Waals surface area contributed by atoms with Gasteiger partial charge in [-0.05, 0) is 18.9 Å². The van der Waals surface area contributed by atoms with Gasteiger partial charge < -0.3 is 15.7 Å². The molecule has 3 N–H and O–H groups in total. The molecule has 0 radical (unpaired) electrons. The van der Waals surface area contributed by atoms with Crippen molar-refractivity contribution in [3.05, 3.63) is 21.9 Å². The third-order valence-electron chi connectivity index (χ3n) is 2.91. The Labute approximate surface area is 110 Å². The lowest BCUT2D eigenvalue weighted by Crippen LogP contribution is -2.39. The highest BCUT2D eigenvalue weighted by Gasteiger charge is 2.22. The van der Waals surface area contributed by atoms with Crippen molar-refractivity contribution < 1.29 is 9.90 Å². The highest BCUT2D eigenvalue weighted by molar-refractivity contribution is 7.10. The maximum atomic E-state index is 12.2. The number of hydrogen-bond acceptors (Lipinski definition) is 4. The van der Waals surface area contributed by atoms with Crippen LogP contribution in [-0.2, 0) is 0 Å². The van der Waals surface area contributed by atoms with E-state index in [0.717, 1.165) is 4.88 Å². The van der Waals surface area contributed by atoms with Crippen LogP contribution in [0.2, 0.25) is 0 Å². The molecule has 5 heteroatoms. The number of piperidine rings is 1. The molecule has 1 aromatic rings. The summed E-state index contributed by atoms with van der Waals surface area (Å²) in [6, 6.07) is 1.81. The number of thiophene rings is 1. The summed E-state index contributed by atoms with van der Waals surface area (Å²) < 4.78 is 0. The molecular formula is C13H16N2O2S. The van der Waals surface area contributed by atoms with Crippen LogP contribution >= 0.6 is 11.3 Å². The summed E-state index contributed by atoms with van der Waals surface area (Å²) in [7, 11) is 0. The Hall–Kier alpha value is -1.35. The SMILES string of the molecule is NCC#Cc1cc(C(=O)N2CCC(O)CC2)cs1. The van der Waals surface area contributed by atoms with E-state index >= 15 is 0 Å². The van der Waals surface area contributed by atoms with E-state index in [1.54, 1.807) is 11.0 Å². The lowest BCUT2D eigenvalue weighted by Gasteiger charge is -2.29. The van der Waals surface area contributed by atoms with Crippen LogP contribution in [0.25, 0.3) is 0 Å². The molecule has 96 valence electrons. The fourth-order valence-corrected chi connectivity index (χ4v) is 2.65. The second-order valence-corrected chi connectivity index (χ2v) is 5.14. The minimum absolute atomic E-state index is 0.0268. The number of carbonyl (C=O) groups is 1. The first kappa shape index (κ1) is 13.1. The van der Waals surface area contributed by atoms with Crippen molar-refractivity contribution in [3.8, 4) is 11.8 Å². The molecule has 0 atom stereocenters. The fourth-order valence-electron chi connectivity index (χ4n) is 1.90. The summed E-state index contributed by atoms with van der Waals surface area (Å²) in [5.41, 5.74) is 5.98. The van der Waals surface area contributed by atoms with E-state index in [1.807, 2.05) is 5.38 Å². The number of aliphatic hydroxyl groups excluding tert-OH is 1. The van der Waals surface area contributed by atoms with Crippen LogP contribution in [0, 0.1) is 11.8 Å². The van der Waals surface area contributed by atoms with Crippen LogP contribution < -0.4 is 5.73 Å². The third kappa shape index (κ3) is 3.10. The van der Waals surface area contributed by atoms with Gasteiger partial charge >= 0.3 is 0 Å². The molecule has 1 aliphatic rings. The van der Waals surface area contributed by atoms with Crippen molar-refractivity contribution in [2.75, 3.05) is 19.6 Å². The number of amides is 1. The van der Waals surface area contributed by atoms with E-state index in [0.29, 0.717) is 38.0 Å². The first-order chi connectivity index (χ1) is 8.70. The summed E-state index contributed by atoms with van der Waals surface area (Å²) in [6.07, 6.45) is 1.06. The van der Waals surface area contributed by atoms with Crippen LogP contribution in [0.4, 0.5) is 0 Å². The van der Waals surface area contributed by atoms with Crippen molar-refractivity contribution in [3.63, 3.8) is 0 Å². The molecule has 1 aliphatic heterocycles. The van der Waals surface area contributed by atoms with Crippen molar-refractivity contribution in [1.29, 1.82) is 0 Å². The molecular weight excluding hydrogens is 248 g/mol. The molecule has 1 fully saturated rings. The molecule has 1 aromatic heterocycles. The molecule has 0 unspecified atom stereocenters. The summed E-state index contributed by atoms with van der Waals surface area (Å²) in [5.74, 6) is 5.72. The Morgan fingerprint density at radius 1 is 1.56 bits per heavy atom. The first-order valence-electron chi connectivity index (χ1n) is 5.95. The summed E-state index contributed by atoms with van der Waals surface area (Å²) >= 11 is 1.46. The molecule has 0 aromatic carbocycles. The van der Waals surface area contributed by atoms with Gasteiger partial charge in [-0.2, -0.15) is 0 Å². The van der Waals surface area contributed by atoms with E-state index in [4.69, 9.17) is 5.73 Å². The van der Waals surface area contributed by atoms with Crippen LogP contribution in [0.15, 0.2) is 11.4 Å². The second kappa shape index (κ2) is 6.01. The maximum absolute atomic E-state index is 12.2. The van der Waals surface area contributed by atoms with Gasteiger partial charge in [0.25, 0.3) is 5.91 Å². The summed E-state index contributed by atoms with van der Waals surface area (Å²) in [4.78, 5) is 14.8. The normalized spacial score (nSPS) is 16.2. The van der Waals surface area contributed by atoms with Crippen LogP contribution in [0.3, 0.4) is 0 Å². The summed E-state index contributed by atoms with van der Waals surface area (Å²) in [5, 5.41) is 11.2. The molecule has 4 nitrogen and oxygen atoms in total. The van der Waals surface area contributed by atoms with Crippen LogP contribution in [-0.4, -0.2) is 41.7 Å². The van der Waals surface area contributed by atoms with E-state index < -0.39 is 0 Å². The monoisotopic (exact) mass is 264 g/mol. The van der Waals surface area contributed by atoms with Gasteiger partial charge in [-0.15, -0.1) is 11.3 Å². The largest absolute Gasteiger partial charge is 0.393 e. The Kier molecular flexibility index (Phi) is 4.37. The van der Waals surface area contributed by atoms with E-state index in [1.165, 1.54) is 11.3 Å². The van der Waals surface area contributed by atoms with Gasteiger partial charge in [0.05, 0.1) is 23.1 Å². The molecule has 0 aliphatic carbocycles. The van der Waals surface area contributed by atoms with Crippen molar-refractivity contribution >= 4 is 17.2 Å². The van der Waals surface area contributed by atoms with Gasteiger partial charge in [-0.1, -0.05) is 11.8 Å². The molecule has 0 spiro atoms. The highest BCUT2D eigenvalue weighted by atomic mass is 32.1. The molecule has 1 amide bonds. The van der Waals surface area contributed by atoms with Gasteiger partial charge in [0.2, 0.25) is 0 Å². The number of nitrogens with zero attached hydrogens (tertiary/aromatic N) is 1. The third-order valence-corrected chi connectivity index (χ3v) is 3.76. The van der Waals surface area contributed by atoms with Gasteiger partial charge in [0.1, 0.15) is 0 Å². The number of likely N-dealkylation sites (tertiary alicyclic amines) is 1. The smallest absolute Gasteiger partial charge is 0.254 e. The van der Waals surface area contributed by atoms with Gasteiger partial charge in [0.15, 0.2) is 0 Å². The maximum Gasteiger partial charge on any atom is 0.254 e. The number of hydrogen-bond donors (Lipinski definition) is 2. The number of carbonyl (C=O) groups excluding carboxylic acids is 1. The van der Waals surface area contributed by atoms with Gasteiger partial charge in [-0.3, -0.25) is 4.79 Å². The minimum atomic E-state index is -0.262. The van der Waals surface area contributed by atoms with Gasteiger partial charge in [-0.25, -0.2) is 0 Å². The summed E-state index contributed by atoms with van der Waals surface area (Å²) in [6.45, 7) is 1.57. The van der Waals surface area contributed by atoms with Gasteiger partial charge in [0, 0.05) is 18.5 Å². The Balaban J connectivity index is 2.02. The topological polar surface area (TPSA) is 66.6 Å². The second-order valence-electron chi connectivity index (χ2n) is 4.23. The average Bonchev–Trinajstić information content (AvgIpc) is 2.85. The lowest BCUT2D eigenvalue weighted by atomic mass is 10.1. The predicted molar refractivity (Wildman–Crippen MR) is 71.4 cm³/mol. The highest BCUT2D eigenvalue weighted by Crippen LogP contribution is 2.18. The lowest BCUT2D eigenvalue weighted by molar-refractivity contribution is 0.0547.